The highest BCUT2D eigenvalue weighted by Crippen LogP contribution is 2.23. The minimum absolute atomic E-state index is 0.164. The molecule has 1 rings (SSSR count). The molecule has 0 bridgehead atoms. The van der Waals surface area contributed by atoms with Crippen LogP contribution in [-0.4, -0.2) is 31.8 Å². The van der Waals surface area contributed by atoms with Crippen LogP contribution < -0.4 is 0 Å². The van der Waals surface area contributed by atoms with Crippen LogP contribution in [0.3, 0.4) is 0 Å². The topological polar surface area (TPSA) is 50.3 Å². The highest BCUT2D eigenvalue weighted by atomic mass is 35.5. The Morgan fingerprint density at radius 2 is 2.17 bits per heavy atom. The molecule has 1 aromatic heterocycles. The minimum atomic E-state index is -3.35. The fourth-order valence-electron chi connectivity index (χ4n) is 0.538. The smallest absolute Gasteiger partial charge is 0.232 e. The molecule has 0 aliphatic heterocycles. The van der Waals surface area contributed by atoms with Crippen molar-refractivity contribution in [3.63, 3.8) is 0 Å². The van der Waals surface area contributed by atoms with Gasteiger partial charge < -0.3 is 0 Å². The second-order valence-corrected chi connectivity index (χ2v) is 6.21. The Morgan fingerprint density at radius 1 is 1.58 bits per heavy atom. The Kier molecular flexibility index (Phi) is 2.72. The monoisotopic (exact) mass is 226 g/mol. The van der Waals surface area contributed by atoms with Gasteiger partial charge in [-0.1, -0.05) is 22.9 Å². The summed E-state index contributed by atoms with van der Waals surface area (Å²) in [5.41, 5.74) is 0. The van der Waals surface area contributed by atoms with Crippen molar-refractivity contribution in [2.75, 3.05) is 14.1 Å². The van der Waals surface area contributed by atoms with Crippen LogP contribution in [0.2, 0.25) is 4.47 Å². The molecule has 0 saturated carbocycles. The Hall–Kier alpha value is -0.170. The highest BCUT2D eigenvalue weighted by molar-refractivity contribution is 7.91. The third kappa shape index (κ3) is 1.77. The largest absolute Gasteiger partial charge is 0.253 e. The predicted molar refractivity (Wildman–Crippen MR) is 48.0 cm³/mol. The standard InChI is InChI=1S/C5H7ClN2O2S2/c1-8(2)12(9,10)4-3-7-5(6)11-4/h3H,1-2H3. The van der Waals surface area contributed by atoms with Crippen molar-refractivity contribution in [2.24, 2.45) is 0 Å². The molecular weight excluding hydrogens is 220 g/mol. The van der Waals surface area contributed by atoms with Crippen molar-refractivity contribution in [1.82, 2.24) is 9.29 Å². The van der Waals surface area contributed by atoms with Crippen molar-refractivity contribution >= 4 is 33.0 Å². The maximum Gasteiger partial charge on any atom is 0.253 e. The zero-order valence-corrected chi connectivity index (χ0v) is 8.87. The van der Waals surface area contributed by atoms with Gasteiger partial charge in [-0.2, -0.15) is 0 Å². The second kappa shape index (κ2) is 3.29. The van der Waals surface area contributed by atoms with Gasteiger partial charge in [0.25, 0.3) is 10.0 Å². The van der Waals surface area contributed by atoms with Crippen LogP contribution >= 0.6 is 22.9 Å². The van der Waals surface area contributed by atoms with E-state index in [1.807, 2.05) is 0 Å². The molecule has 0 radical (unpaired) electrons. The minimum Gasteiger partial charge on any atom is -0.232 e. The van der Waals surface area contributed by atoms with E-state index in [0.717, 1.165) is 15.6 Å². The number of sulfonamides is 1. The van der Waals surface area contributed by atoms with Gasteiger partial charge >= 0.3 is 0 Å². The third-order valence-electron chi connectivity index (χ3n) is 1.19. The molecule has 0 atom stereocenters. The summed E-state index contributed by atoms with van der Waals surface area (Å²) >= 11 is 6.44. The van der Waals surface area contributed by atoms with Crippen molar-refractivity contribution < 1.29 is 8.42 Å². The molecule has 7 heteroatoms. The maximum absolute atomic E-state index is 11.4. The number of aromatic nitrogens is 1. The van der Waals surface area contributed by atoms with E-state index in [-0.39, 0.29) is 8.68 Å². The van der Waals surface area contributed by atoms with Crippen LogP contribution in [0, 0.1) is 0 Å². The fourth-order valence-corrected chi connectivity index (χ4v) is 3.00. The average molecular weight is 227 g/mol. The van der Waals surface area contributed by atoms with Crippen molar-refractivity contribution in [1.29, 1.82) is 0 Å². The number of hydrogen-bond donors (Lipinski definition) is 0. The van der Waals surface area contributed by atoms with E-state index in [9.17, 15) is 8.42 Å². The lowest BCUT2D eigenvalue weighted by molar-refractivity contribution is 0.523. The van der Waals surface area contributed by atoms with Gasteiger partial charge in [0.2, 0.25) is 0 Å². The molecule has 1 heterocycles. The second-order valence-electron chi connectivity index (χ2n) is 2.22. The molecule has 12 heavy (non-hydrogen) atoms. The van der Waals surface area contributed by atoms with E-state index >= 15 is 0 Å². The molecular formula is C5H7ClN2O2S2. The maximum atomic E-state index is 11.4. The van der Waals surface area contributed by atoms with Gasteiger partial charge in [0.1, 0.15) is 0 Å². The van der Waals surface area contributed by atoms with Gasteiger partial charge in [-0.15, -0.1) is 0 Å². The SMILES string of the molecule is CN(C)S(=O)(=O)c1cnc(Cl)s1. The summed E-state index contributed by atoms with van der Waals surface area (Å²) in [7, 11) is -0.429. The number of halogens is 1. The summed E-state index contributed by atoms with van der Waals surface area (Å²) in [5, 5.41) is 0. The van der Waals surface area contributed by atoms with Gasteiger partial charge in [0.05, 0.1) is 6.20 Å². The molecule has 0 saturated heterocycles. The van der Waals surface area contributed by atoms with Gasteiger partial charge in [0.15, 0.2) is 8.68 Å². The molecule has 1 aromatic rings. The molecule has 68 valence electrons. The van der Waals surface area contributed by atoms with Crippen LogP contribution in [0.1, 0.15) is 0 Å². The van der Waals surface area contributed by atoms with E-state index in [4.69, 9.17) is 11.6 Å². The fraction of sp³-hybridized carbons (Fsp3) is 0.400. The van der Waals surface area contributed by atoms with Crippen LogP contribution in [-0.2, 0) is 10.0 Å². The Labute approximate surface area is 79.8 Å². The summed E-state index contributed by atoms with van der Waals surface area (Å²) in [6, 6.07) is 0. The van der Waals surface area contributed by atoms with Gasteiger partial charge in [-0.05, 0) is 0 Å². The zero-order chi connectivity index (χ0) is 9.35. The van der Waals surface area contributed by atoms with Crippen molar-refractivity contribution in [3.8, 4) is 0 Å². The highest BCUT2D eigenvalue weighted by Gasteiger charge is 2.19. The van der Waals surface area contributed by atoms with E-state index in [2.05, 4.69) is 4.98 Å². The molecule has 0 aliphatic carbocycles. The molecule has 0 N–H and O–H groups in total. The third-order valence-corrected chi connectivity index (χ3v) is 4.56. The summed E-state index contributed by atoms with van der Waals surface area (Å²) < 4.78 is 24.3. The summed E-state index contributed by atoms with van der Waals surface area (Å²) in [5.74, 6) is 0. The van der Waals surface area contributed by atoms with E-state index < -0.39 is 10.0 Å². The van der Waals surface area contributed by atoms with Crippen LogP contribution in [0.4, 0.5) is 0 Å². The molecule has 0 aliphatic rings. The lowest BCUT2D eigenvalue weighted by Crippen LogP contribution is -2.21. The lowest BCUT2D eigenvalue weighted by atomic mass is 11.0. The lowest BCUT2D eigenvalue weighted by Gasteiger charge is -2.07. The normalized spacial score (nSPS) is 12.3. The first-order valence-electron chi connectivity index (χ1n) is 2.98. The Bertz CT molecular complexity index is 371. The zero-order valence-electron chi connectivity index (χ0n) is 6.48. The van der Waals surface area contributed by atoms with Gasteiger partial charge in [0, 0.05) is 14.1 Å². The number of thiazole rings is 1. The van der Waals surface area contributed by atoms with Crippen LogP contribution in [0.25, 0.3) is 0 Å². The van der Waals surface area contributed by atoms with Crippen LogP contribution in [0.15, 0.2) is 10.4 Å². The molecule has 0 aromatic carbocycles. The van der Waals surface area contributed by atoms with E-state index in [1.165, 1.54) is 20.3 Å². The van der Waals surface area contributed by atoms with Crippen LogP contribution in [0.5, 0.6) is 0 Å². The van der Waals surface area contributed by atoms with Gasteiger partial charge in [-0.25, -0.2) is 17.7 Å². The first-order chi connectivity index (χ1) is 5.44. The summed E-state index contributed by atoms with van der Waals surface area (Å²) in [6.45, 7) is 0. The Morgan fingerprint density at radius 3 is 2.50 bits per heavy atom. The van der Waals surface area contributed by atoms with E-state index in [0.29, 0.717) is 0 Å². The number of hydrogen-bond acceptors (Lipinski definition) is 4. The number of rotatable bonds is 2. The Balaban J connectivity index is 3.15. The average Bonchev–Trinajstić information content (AvgIpc) is 2.35. The quantitative estimate of drug-likeness (QED) is 0.758. The molecule has 4 nitrogen and oxygen atoms in total. The molecule has 0 unspecified atom stereocenters. The molecule has 0 spiro atoms. The van der Waals surface area contributed by atoms with Gasteiger partial charge in [-0.3, -0.25) is 0 Å². The summed E-state index contributed by atoms with van der Waals surface area (Å²) in [4.78, 5) is 3.64. The van der Waals surface area contributed by atoms with E-state index in [1.54, 1.807) is 0 Å². The summed E-state index contributed by atoms with van der Waals surface area (Å²) in [6.07, 6.45) is 1.25. The molecule has 0 fully saturated rings. The first kappa shape index (κ1) is 9.91. The first-order valence-corrected chi connectivity index (χ1v) is 5.62. The number of nitrogens with zero attached hydrogens (tertiary/aromatic N) is 2. The van der Waals surface area contributed by atoms with Crippen molar-refractivity contribution in [3.05, 3.63) is 10.7 Å². The van der Waals surface area contributed by atoms with Crippen molar-refractivity contribution in [2.45, 2.75) is 4.21 Å². The predicted octanol–water partition coefficient (Wildman–Crippen LogP) is 1.05. The molecule has 0 amide bonds.